The fourth-order valence-corrected chi connectivity index (χ4v) is 1.21. The molecule has 62 valence electrons. The molecule has 1 heterocycles. The lowest BCUT2D eigenvalue weighted by Crippen LogP contribution is -2.10. The summed E-state index contributed by atoms with van der Waals surface area (Å²) in [5.74, 6) is 5.52. The Hall–Kier alpha value is -1.91. The highest BCUT2D eigenvalue weighted by molar-refractivity contribution is 5.97. The zero-order valence-electron chi connectivity index (χ0n) is 6.36. The molecular formula is C7H9N5. The SMILES string of the molecule is Nc1ccc(N)c2c1cnn2N. The minimum absolute atomic E-state index is 0.583. The smallest absolute Gasteiger partial charge is 0.117 e. The van der Waals surface area contributed by atoms with E-state index < -0.39 is 0 Å². The van der Waals surface area contributed by atoms with Crippen LogP contribution in [-0.4, -0.2) is 9.89 Å². The van der Waals surface area contributed by atoms with Gasteiger partial charge in [0.25, 0.3) is 0 Å². The number of aromatic nitrogens is 2. The quantitative estimate of drug-likeness (QED) is 0.373. The van der Waals surface area contributed by atoms with Crippen LogP contribution < -0.4 is 17.3 Å². The average molecular weight is 163 g/mol. The summed E-state index contributed by atoms with van der Waals surface area (Å²) < 4.78 is 0. The van der Waals surface area contributed by atoms with Gasteiger partial charge in [-0.3, -0.25) is 0 Å². The maximum atomic E-state index is 5.67. The molecule has 6 N–H and O–H groups in total. The van der Waals surface area contributed by atoms with Gasteiger partial charge in [0.2, 0.25) is 0 Å². The van der Waals surface area contributed by atoms with E-state index in [0.29, 0.717) is 16.9 Å². The first kappa shape index (κ1) is 6.78. The molecule has 0 radical (unpaired) electrons. The monoisotopic (exact) mass is 163 g/mol. The Labute approximate surface area is 68.7 Å². The van der Waals surface area contributed by atoms with E-state index in [1.807, 2.05) is 0 Å². The van der Waals surface area contributed by atoms with Crippen molar-refractivity contribution in [1.29, 1.82) is 0 Å². The van der Waals surface area contributed by atoms with Gasteiger partial charge in [-0.05, 0) is 12.1 Å². The van der Waals surface area contributed by atoms with E-state index in [-0.39, 0.29) is 0 Å². The molecule has 0 saturated heterocycles. The van der Waals surface area contributed by atoms with Crippen LogP contribution in [0.5, 0.6) is 0 Å². The number of rotatable bonds is 0. The highest BCUT2D eigenvalue weighted by Gasteiger charge is 2.05. The molecule has 0 bridgehead atoms. The predicted molar refractivity (Wildman–Crippen MR) is 48.7 cm³/mol. The maximum Gasteiger partial charge on any atom is 0.117 e. The molecule has 5 nitrogen and oxygen atoms in total. The summed E-state index contributed by atoms with van der Waals surface area (Å²) >= 11 is 0. The number of nitrogens with zero attached hydrogens (tertiary/aromatic N) is 2. The van der Waals surface area contributed by atoms with Crippen LogP contribution in [0.2, 0.25) is 0 Å². The molecule has 0 aliphatic rings. The molecule has 1 aromatic heterocycles. The Bertz CT molecular complexity index is 431. The third-order valence-corrected chi connectivity index (χ3v) is 1.82. The molecule has 0 unspecified atom stereocenters. The summed E-state index contributed by atoms with van der Waals surface area (Å²) in [5.41, 5.74) is 13.2. The van der Waals surface area contributed by atoms with Gasteiger partial charge in [0, 0.05) is 11.1 Å². The van der Waals surface area contributed by atoms with Crippen molar-refractivity contribution in [2.24, 2.45) is 0 Å². The van der Waals surface area contributed by atoms with Crippen LogP contribution in [0.25, 0.3) is 10.9 Å². The third kappa shape index (κ3) is 0.701. The fraction of sp³-hybridized carbons (Fsp3) is 0. The van der Waals surface area contributed by atoms with E-state index in [4.69, 9.17) is 17.3 Å². The zero-order chi connectivity index (χ0) is 8.72. The number of nitrogens with two attached hydrogens (primary N) is 3. The van der Waals surface area contributed by atoms with Gasteiger partial charge in [-0.1, -0.05) is 0 Å². The second kappa shape index (κ2) is 2.04. The van der Waals surface area contributed by atoms with Crippen molar-refractivity contribution in [3.63, 3.8) is 0 Å². The van der Waals surface area contributed by atoms with Crippen molar-refractivity contribution in [2.45, 2.75) is 0 Å². The maximum absolute atomic E-state index is 5.67. The van der Waals surface area contributed by atoms with E-state index in [9.17, 15) is 0 Å². The molecular weight excluding hydrogens is 154 g/mol. The van der Waals surface area contributed by atoms with Gasteiger partial charge in [-0.2, -0.15) is 9.89 Å². The fourth-order valence-electron chi connectivity index (χ4n) is 1.21. The predicted octanol–water partition coefficient (Wildman–Crippen LogP) is -0.0855. The van der Waals surface area contributed by atoms with Crippen LogP contribution in [0.15, 0.2) is 18.3 Å². The number of hydrogen-bond acceptors (Lipinski definition) is 4. The molecule has 0 atom stereocenters. The lowest BCUT2D eigenvalue weighted by atomic mass is 10.2. The first-order chi connectivity index (χ1) is 5.70. The van der Waals surface area contributed by atoms with Crippen LogP contribution in [-0.2, 0) is 0 Å². The summed E-state index contributed by atoms with van der Waals surface area (Å²) in [7, 11) is 0. The van der Waals surface area contributed by atoms with E-state index in [1.165, 1.54) is 4.79 Å². The van der Waals surface area contributed by atoms with Crippen molar-refractivity contribution in [3.8, 4) is 0 Å². The molecule has 0 aliphatic heterocycles. The first-order valence-electron chi connectivity index (χ1n) is 3.47. The number of anilines is 2. The van der Waals surface area contributed by atoms with Gasteiger partial charge in [-0.15, -0.1) is 0 Å². The highest BCUT2D eigenvalue weighted by atomic mass is 15.5. The van der Waals surface area contributed by atoms with E-state index >= 15 is 0 Å². The summed E-state index contributed by atoms with van der Waals surface area (Å²) in [4.78, 5) is 1.22. The molecule has 1 aromatic carbocycles. The van der Waals surface area contributed by atoms with Crippen molar-refractivity contribution < 1.29 is 0 Å². The molecule has 0 aliphatic carbocycles. The van der Waals surface area contributed by atoms with Crippen molar-refractivity contribution in [1.82, 2.24) is 9.89 Å². The van der Waals surface area contributed by atoms with Gasteiger partial charge in [-0.25, -0.2) is 0 Å². The van der Waals surface area contributed by atoms with Crippen LogP contribution in [0, 0.1) is 0 Å². The van der Waals surface area contributed by atoms with Crippen molar-refractivity contribution in [2.75, 3.05) is 17.3 Å². The van der Waals surface area contributed by atoms with Gasteiger partial charge < -0.3 is 17.3 Å². The number of benzene rings is 1. The molecule has 2 aromatic rings. The number of hydrogen-bond donors (Lipinski definition) is 3. The average Bonchev–Trinajstić information content (AvgIpc) is 2.42. The van der Waals surface area contributed by atoms with E-state index in [0.717, 1.165) is 5.39 Å². The summed E-state index contributed by atoms with van der Waals surface area (Å²) in [6.45, 7) is 0. The molecule has 0 saturated carbocycles. The van der Waals surface area contributed by atoms with Crippen LogP contribution >= 0.6 is 0 Å². The minimum atomic E-state index is 0.583. The molecule has 2 rings (SSSR count). The summed E-state index contributed by atoms with van der Waals surface area (Å²) in [6, 6.07) is 3.45. The molecule has 5 heteroatoms. The number of fused-ring (bicyclic) bond motifs is 1. The minimum Gasteiger partial charge on any atom is -0.398 e. The lowest BCUT2D eigenvalue weighted by molar-refractivity contribution is 0.863. The van der Waals surface area contributed by atoms with Crippen molar-refractivity contribution >= 4 is 22.3 Å². The first-order valence-corrected chi connectivity index (χ1v) is 3.47. The Balaban J connectivity index is 2.98. The zero-order valence-corrected chi connectivity index (χ0v) is 6.36. The van der Waals surface area contributed by atoms with Gasteiger partial charge in [0.1, 0.15) is 5.52 Å². The van der Waals surface area contributed by atoms with Gasteiger partial charge in [0.15, 0.2) is 0 Å². The summed E-state index contributed by atoms with van der Waals surface area (Å²) in [6.07, 6.45) is 1.60. The third-order valence-electron chi connectivity index (χ3n) is 1.82. The standard InChI is InChI=1S/C7H9N5/c8-5-1-2-6(9)7-4(5)3-11-12(7)10/h1-3H,8-10H2. The molecule has 0 amide bonds. The van der Waals surface area contributed by atoms with Crippen molar-refractivity contribution in [3.05, 3.63) is 18.3 Å². The highest BCUT2D eigenvalue weighted by Crippen LogP contribution is 2.24. The number of nitrogen functional groups attached to an aromatic ring is 3. The molecule has 12 heavy (non-hydrogen) atoms. The lowest BCUT2D eigenvalue weighted by Gasteiger charge is -2.00. The van der Waals surface area contributed by atoms with Crippen LogP contribution in [0.4, 0.5) is 11.4 Å². The molecule has 0 spiro atoms. The largest absolute Gasteiger partial charge is 0.398 e. The second-order valence-corrected chi connectivity index (χ2v) is 2.60. The van der Waals surface area contributed by atoms with Gasteiger partial charge in [0.05, 0.1) is 11.9 Å². The van der Waals surface area contributed by atoms with Crippen LogP contribution in [0.1, 0.15) is 0 Å². The van der Waals surface area contributed by atoms with E-state index in [2.05, 4.69) is 5.10 Å². The van der Waals surface area contributed by atoms with Crippen LogP contribution in [0.3, 0.4) is 0 Å². The second-order valence-electron chi connectivity index (χ2n) is 2.60. The topological polar surface area (TPSA) is 95.9 Å². The molecule has 0 fully saturated rings. The normalized spacial score (nSPS) is 10.7. The Morgan fingerprint density at radius 1 is 1.17 bits per heavy atom. The Morgan fingerprint density at radius 3 is 2.50 bits per heavy atom. The van der Waals surface area contributed by atoms with Gasteiger partial charge >= 0.3 is 0 Å². The van der Waals surface area contributed by atoms with E-state index in [1.54, 1.807) is 18.3 Å². The Morgan fingerprint density at radius 2 is 1.83 bits per heavy atom. The Kier molecular flexibility index (Phi) is 1.15. The summed E-state index contributed by atoms with van der Waals surface area (Å²) in [5, 5.41) is 4.64.